The van der Waals surface area contributed by atoms with E-state index < -0.39 is 5.82 Å². The van der Waals surface area contributed by atoms with Gasteiger partial charge in [-0.3, -0.25) is 9.78 Å². The number of H-pyrrole nitrogens is 1. The van der Waals surface area contributed by atoms with Crippen molar-refractivity contribution in [2.75, 3.05) is 23.7 Å². The molecule has 0 bridgehead atoms. The molecule has 1 fully saturated rings. The number of nitrogens with zero attached hydrogens (tertiary/aromatic N) is 3. The Labute approximate surface area is 126 Å². The third-order valence-electron chi connectivity index (χ3n) is 3.81. The van der Waals surface area contributed by atoms with Gasteiger partial charge in [-0.05, 0) is 24.6 Å². The van der Waals surface area contributed by atoms with Crippen molar-refractivity contribution in [1.82, 2.24) is 9.97 Å². The Morgan fingerprint density at radius 2 is 2.27 bits per heavy atom. The molecule has 2 heterocycles. The summed E-state index contributed by atoms with van der Waals surface area (Å²) in [5.74, 6) is -0.276. The largest absolute Gasteiger partial charge is 0.370 e. The summed E-state index contributed by atoms with van der Waals surface area (Å²) in [4.78, 5) is 20.1. The van der Waals surface area contributed by atoms with Gasteiger partial charge in [0, 0.05) is 25.1 Å². The Bertz CT molecular complexity index is 810. The van der Waals surface area contributed by atoms with E-state index in [9.17, 15) is 9.18 Å². The molecule has 112 valence electrons. The minimum absolute atomic E-state index is 0.0567. The normalized spacial score (nSPS) is 17.5. The Kier molecular flexibility index (Phi) is 3.51. The second-order valence-corrected chi connectivity index (χ2v) is 5.26. The second-order valence-electron chi connectivity index (χ2n) is 5.26. The first-order valence-corrected chi connectivity index (χ1v) is 6.88. The van der Waals surface area contributed by atoms with Crippen molar-refractivity contribution in [2.24, 2.45) is 0 Å². The second kappa shape index (κ2) is 5.48. The van der Waals surface area contributed by atoms with Gasteiger partial charge in [0.15, 0.2) is 0 Å². The van der Waals surface area contributed by atoms with E-state index in [1.165, 1.54) is 18.2 Å². The fourth-order valence-electron chi connectivity index (χ4n) is 2.80. The number of rotatable bonds is 2. The summed E-state index contributed by atoms with van der Waals surface area (Å²) in [6, 6.07) is 7.63. The molecule has 0 saturated carbocycles. The van der Waals surface area contributed by atoms with Crippen LogP contribution in [0, 0.1) is 17.1 Å². The van der Waals surface area contributed by atoms with E-state index in [1.54, 1.807) is 6.07 Å². The van der Waals surface area contributed by atoms with Gasteiger partial charge in [-0.2, -0.15) is 5.26 Å². The van der Waals surface area contributed by atoms with Crippen LogP contribution in [0.15, 0.2) is 29.1 Å². The van der Waals surface area contributed by atoms with Gasteiger partial charge in [0.25, 0.3) is 5.56 Å². The third-order valence-corrected chi connectivity index (χ3v) is 3.81. The van der Waals surface area contributed by atoms with Crippen molar-refractivity contribution in [3.05, 3.63) is 51.7 Å². The molecule has 1 atom stereocenters. The van der Waals surface area contributed by atoms with Crippen LogP contribution in [0.2, 0.25) is 0 Å². The molecule has 3 rings (SSSR count). The van der Waals surface area contributed by atoms with Gasteiger partial charge in [-0.1, -0.05) is 0 Å². The maximum Gasteiger partial charge on any atom is 0.252 e. The van der Waals surface area contributed by atoms with Crippen molar-refractivity contribution < 1.29 is 4.39 Å². The first-order valence-electron chi connectivity index (χ1n) is 6.88. The highest BCUT2D eigenvalue weighted by Gasteiger charge is 2.27. The molecule has 6 nitrogen and oxygen atoms in total. The van der Waals surface area contributed by atoms with Gasteiger partial charge in [-0.15, -0.1) is 0 Å². The van der Waals surface area contributed by atoms with Crippen molar-refractivity contribution in [3.63, 3.8) is 0 Å². The monoisotopic (exact) mass is 299 g/mol. The quantitative estimate of drug-likeness (QED) is 0.872. The summed E-state index contributed by atoms with van der Waals surface area (Å²) in [6.45, 7) is 1.32. The Morgan fingerprint density at radius 1 is 1.45 bits per heavy atom. The number of halogens is 1. The SMILES string of the molecule is N#Cc1cc(F)ccc1N1CCC(c2cc(=O)[nH]c(N)n2)C1. The lowest BCUT2D eigenvalue weighted by Crippen LogP contribution is -2.21. The van der Waals surface area contributed by atoms with Gasteiger partial charge < -0.3 is 10.6 Å². The fourth-order valence-corrected chi connectivity index (χ4v) is 2.80. The number of hydrogen-bond donors (Lipinski definition) is 2. The number of nitriles is 1. The summed E-state index contributed by atoms with van der Waals surface area (Å²) < 4.78 is 13.2. The number of aromatic amines is 1. The van der Waals surface area contributed by atoms with Gasteiger partial charge in [-0.25, -0.2) is 9.37 Å². The molecule has 1 aliphatic heterocycles. The van der Waals surface area contributed by atoms with Crippen molar-refractivity contribution in [3.8, 4) is 6.07 Å². The minimum Gasteiger partial charge on any atom is -0.370 e. The Hall–Kier alpha value is -2.88. The van der Waals surface area contributed by atoms with E-state index >= 15 is 0 Å². The van der Waals surface area contributed by atoms with Gasteiger partial charge in [0.1, 0.15) is 11.9 Å². The summed E-state index contributed by atoms with van der Waals surface area (Å²) in [7, 11) is 0. The molecule has 1 saturated heterocycles. The van der Waals surface area contributed by atoms with Crippen LogP contribution in [0.4, 0.5) is 16.0 Å². The van der Waals surface area contributed by atoms with Crippen molar-refractivity contribution in [2.45, 2.75) is 12.3 Å². The zero-order valence-corrected chi connectivity index (χ0v) is 11.7. The molecule has 3 N–H and O–H groups in total. The number of anilines is 2. The first-order chi connectivity index (χ1) is 10.6. The fraction of sp³-hybridized carbons (Fsp3) is 0.267. The molecule has 1 aromatic carbocycles. The lowest BCUT2D eigenvalue weighted by atomic mass is 10.0. The molecular formula is C15H14FN5O. The molecule has 7 heteroatoms. The topological polar surface area (TPSA) is 98.8 Å². The molecule has 22 heavy (non-hydrogen) atoms. The van der Waals surface area contributed by atoms with E-state index in [0.29, 0.717) is 30.0 Å². The average molecular weight is 299 g/mol. The molecule has 0 amide bonds. The smallest absolute Gasteiger partial charge is 0.252 e. The van der Waals surface area contributed by atoms with E-state index in [2.05, 4.69) is 9.97 Å². The first kappa shape index (κ1) is 14.1. The van der Waals surface area contributed by atoms with E-state index in [0.717, 1.165) is 6.42 Å². The molecule has 0 aliphatic carbocycles. The summed E-state index contributed by atoms with van der Waals surface area (Å²) in [5.41, 5.74) is 6.94. The van der Waals surface area contributed by atoms with Crippen LogP contribution >= 0.6 is 0 Å². The maximum absolute atomic E-state index is 13.2. The molecule has 0 spiro atoms. The predicted octanol–water partition coefficient (Wildman–Crippen LogP) is 1.36. The van der Waals surface area contributed by atoms with Crippen LogP contribution in [0.3, 0.4) is 0 Å². The summed E-state index contributed by atoms with van der Waals surface area (Å²) in [6.07, 6.45) is 0.790. The molecular weight excluding hydrogens is 285 g/mol. The number of nitrogen functional groups attached to an aromatic ring is 1. The summed E-state index contributed by atoms with van der Waals surface area (Å²) in [5, 5.41) is 9.14. The lowest BCUT2D eigenvalue weighted by molar-refractivity contribution is 0.627. The van der Waals surface area contributed by atoms with E-state index in [4.69, 9.17) is 11.0 Å². The van der Waals surface area contributed by atoms with Gasteiger partial charge in [0.05, 0.1) is 16.9 Å². The van der Waals surface area contributed by atoms with Gasteiger partial charge in [0.2, 0.25) is 5.95 Å². The van der Waals surface area contributed by atoms with Crippen LogP contribution in [0.25, 0.3) is 0 Å². The Morgan fingerprint density at radius 3 is 3.00 bits per heavy atom. The summed E-state index contributed by atoms with van der Waals surface area (Å²) >= 11 is 0. The number of nitrogens with one attached hydrogen (secondary N) is 1. The highest BCUT2D eigenvalue weighted by molar-refractivity contribution is 5.60. The number of benzene rings is 1. The van der Waals surface area contributed by atoms with E-state index in [1.807, 2.05) is 11.0 Å². The third kappa shape index (κ3) is 2.63. The van der Waals surface area contributed by atoms with Gasteiger partial charge >= 0.3 is 0 Å². The zero-order valence-electron chi connectivity index (χ0n) is 11.7. The molecule has 1 unspecified atom stereocenters. The maximum atomic E-state index is 13.2. The van der Waals surface area contributed by atoms with E-state index in [-0.39, 0.29) is 17.4 Å². The van der Waals surface area contributed by atoms with Crippen molar-refractivity contribution in [1.29, 1.82) is 5.26 Å². The van der Waals surface area contributed by atoms with Crippen LogP contribution in [-0.2, 0) is 0 Å². The highest BCUT2D eigenvalue weighted by atomic mass is 19.1. The number of nitrogens with two attached hydrogens (primary N) is 1. The average Bonchev–Trinajstić information content (AvgIpc) is 2.95. The lowest BCUT2D eigenvalue weighted by Gasteiger charge is -2.20. The van der Waals surface area contributed by atoms with Crippen LogP contribution < -0.4 is 16.2 Å². The highest BCUT2D eigenvalue weighted by Crippen LogP contribution is 2.31. The molecule has 0 radical (unpaired) electrons. The number of aromatic nitrogens is 2. The van der Waals surface area contributed by atoms with Crippen molar-refractivity contribution >= 4 is 11.6 Å². The Balaban J connectivity index is 1.86. The van der Waals surface area contributed by atoms with Crippen LogP contribution in [0.5, 0.6) is 0 Å². The standard InChI is InChI=1S/C15H14FN5O/c16-11-1-2-13(10(5-11)7-17)21-4-3-9(8-21)12-6-14(22)20-15(18)19-12/h1-2,5-6,9H,3-4,8H2,(H3,18,19,20,22). The minimum atomic E-state index is -0.430. The van der Waals surface area contributed by atoms with Crippen LogP contribution in [0.1, 0.15) is 23.6 Å². The molecule has 1 aromatic heterocycles. The molecule has 2 aromatic rings. The zero-order chi connectivity index (χ0) is 15.7. The number of hydrogen-bond acceptors (Lipinski definition) is 5. The van der Waals surface area contributed by atoms with Crippen LogP contribution in [-0.4, -0.2) is 23.1 Å². The predicted molar refractivity (Wildman–Crippen MR) is 80.0 cm³/mol. The molecule has 1 aliphatic rings.